The number of aromatic nitrogens is 2. The van der Waals surface area contributed by atoms with Crippen molar-refractivity contribution < 1.29 is 18.7 Å². The van der Waals surface area contributed by atoms with Gasteiger partial charge in [-0.2, -0.15) is 8.78 Å². The van der Waals surface area contributed by atoms with Gasteiger partial charge in [0.15, 0.2) is 0 Å². The van der Waals surface area contributed by atoms with Crippen LogP contribution in [0.15, 0.2) is 12.4 Å². The van der Waals surface area contributed by atoms with Crippen molar-refractivity contribution in [1.82, 2.24) is 14.5 Å². The van der Waals surface area contributed by atoms with Crippen LogP contribution in [0.25, 0.3) is 0 Å². The summed E-state index contributed by atoms with van der Waals surface area (Å²) >= 11 is 0. The summed E-state index contributed by atoms with van der Waals surface area (Å²) in [5.41, 5.74) is 0. The molecule has 0 radical (unpaired) electrons. The van der Waals surface area contributed by atoms with E-state index in [9.17, 15) is 18.7 Å². The summed E-state index contributed by atoms with van der Waals surface area (Å²) in [5, 5.41) is 9.22. The minimum absolute atomic E-state index is 0.147. The Morgan fingerprint density at radius 1 is 1.47 bits per heavy atom. The van der Waals surface area contributed by atoms with E-state index < -0.39 is 18.6 Å². The van der Waals surface area contributed by atoms with Gasteiger partial charge in [-0.1, -0.05) is 12.8 Å². The van der Waals surface area contributed by atoms with E-state index in [0.29, 0.717) is 13.0 Å². The van der Waals surface area contributed by atoms with E-state index in [1.54, 1.807) is 4.90 Å². The molecule has 106 valence electrons. The topological polar surface area (TPSA) is 58.4 Å². The number of nitrogens with zero attached hydrogens (tertiary/aromatic N) is 3. The third-order valence-electron chi connectivity index (χ3n) is 3.45. The predicted molar refractivity (Wildman–Crippen MR) is 63.8 cm³/mol. The largest absolute Gasteiger partial charge is 0.480 e. The number of carboxylic acids is 1. The van der Waals surface area contributed by atoms with E-state index in [4.69, 9.17) is 0 Å². The fraction of sp³-hybridized carbons (Fsp3) is 0.667. The Morgan fingerprint density at radius 2 is 2.26 bits per heavy atom. The van der Waals surface area contributed by atoms with Crippen LogP contribution in [0.2, 0.25) is 0 Å². The maximum atomic E-state index is 12.7. The maximum absolute atomic E-state index is 12.7. The van der Waals surface area contributed by atoms with Crippen molar-refractivity contribution in [2.45, 2.75) is 44.8 Å². The molecule has 1 aromatic heterocycles. The Bertz CT molecular complexity index is 436. The number of hydrogen-bond acceptors (Lipinski definition) is 3. The monoisotopic (exact) mass is 273 g/mol. The molecule has 1 aromatic rings. The Morgan fingerprint density at radius 3 is 2.95 bits per heavy atom. The minimum atomic E-state index is -2.65. The summed E-state index contributed by atoms with van der Waals surface area (Å²) in [7, 11) is 0. The van der Waals surface area contributed by atoms with Crippen molar-refractivity contribution in [3.8, 4) is 0 Å². The number of imidazole rings is 1. The first-order valence-corrected chi connectivity index (χ1v) is 6.36. The van der Waals surface area contributed by atoms with Crippen molar-refractivity contribution in [2.24, 2.45) is 0 Å². The summed E-state index contributed by atoms with van der Waals surface area (Å²) in [6.07, 6.45) is 5.81. The van der Waals surface area contributed by atoms with Crippen LogP contribution in [0.4, 0.5) is 8.78 Å². The summed E-state index contributed by atoms with van der Waals surface area (Å²) in [6.45, 7) is -1.89. The van der Waals surface area contributed by atoms with E-state index in [0.717, 1.165) is 23.8 Å². The Balaban J connectivity index is 2.14. The van der Waals surface area contributed by atoms with Gasteiger partial charge in [0, 0.05) is 12.4 Å². The number of alkyl halides is 2. The molecule has 0 bridgehead atoms. The van der Waals surface area contributed by atoms with Crippen molar-refractivity contribution in [2.75, 3.05) is 6.54 Å². The highest BCUT2D eigenvalue weighted by molar-refractivity contribution is 5.73. The molecule has 0 saturated carbocycles. The second kappa shape index (κ2) is 6.10. The molecule has 1 atom stereocenters. The van der Waals surface area contributed by atoms with Gasteiger partial charge in [-0.25, -0.2) is 4.98 Å². The number of carboxylic acid groups (broad SMARTS) is 1. The highest BCUT2D eigenvalue weighted by atomic mass is 19.3. The summed E-state index contributed by atoms with van der Waals surface area (Å²) in [6, 6.07) is -0.606. The van der Waals surface area contributed by atoms with Crippen molar-refractivity contribution in [3.63, 3.8) is 0 Å². The first-order chi connectivity index (χ1) is 9.09. The lowest BCUT2D eigenvalue weighted by molar-refractivity contribution is -0.143. The van der Waals surface area contributed by atoms with Gasteiger partial charge in [-0.3, -0.25) is 14.3 Å². The lowest BCUT2D eigenvalue weighted by atomic mass is 10.1. The maximum Gasteiger partial charge on any atom is 0.320 e. The number of aliphatic carboxylic acids is 1. The fourth-order valence-electron chi connectivity index (χ4n) is 2.46. The highest BCUT2D eigenvalue weighted by Gasteiger charge is 2.28. The van der Waals surface area contributed by atoms with Crippen molar-refractivity contribution in [1.29, 1.82) is 0 Å². The van der Waals surface area contributed by atoms with Crippen LogP contribution in [0.3, 0.4) is 0 Å². The van der Waals surface area contributed by atoms with E-state index in [2.05, 4.69) is 4.98 Å². The Kier molecular flexibility index (Phi) is 4.47. The second-order valence-corrected chi connectivity index (χ2v) is 4.70. The van der Waals surface area contributed by atoms with E-state index in [-0.39, 0.29) is 12.4 Å². The number of carbonyl (C=O) groups is 1. The number of hydrogen-bond donors (Lipinski definition) is 1. The molecular weight excluding hydrogens is 256 g/mol. The van der Waals surface area contributed by atoms with Gasteiger partial charge in [0.25, 0.3) is 0 Å². The normalized spacial score (nSPS) is 21.5. The smallest absolute Gasteiger partial charge is 0.320 e. The average Bonchev–Trinajstić information content (AvgIpc) is 2.67. The van der Waals surface area contributed by atoms with Crippen LogP contribution in [0, 0.1) is 0 Å². The molecule has 0 aliphatic carbocycles. The highest BCUT2D eigenvalue weighted by Crippen LogP contribution is 2.21. The number of halogens is 2. The SMILES string of the molecule is O=C(O)C1CCCCCN1Cc1nccn1C(F)F. The molecule has 0 aromatic carbocycles. The molecule has 1 saturated heterocycles. The second-order valence-electron chi connectivity index (χ2n) is 4.70. The van der Waals surface area contributed by atoms with Crippen LogP contribution < -0.4 is 0 Å². The first kappa shape index (κ1) is 13.9. The van der Waals surface area contributed by atoms with Crippen molar-refractivity contribution in [3.05, 3.63) is 18.2 Å². The fourth-order valence-corrected chi connectivity index (χ4v) is 2.46. The third-order valence-corrected chi connectivity index (χ3v) is 3.45. The van der Waals surface area contributed by atoms with Gasteiger partial charge >= 0.3 is 12.5 Å². The lowest BCUT2D eigenvalue weighted by Crippen LogP contribution is -2.40. The lowest BCUT2D eigenvalue weighted by Gasteiger charge is -2.26. The van der Waals surface area contributed by atoms with Crippen LogP contribution in [-0.2, 0) is 11.3 Å². The zero-order valence-electron chi connectivity index (χ0n) is 10.5. The van der Waals surface area contributed by atoms with Gasteiger partial charge in [0.05, 0.1) is 6.54 Å². The van der Waals surface area contributed by atoms with Crippen molar-refractivity contribution >= 4 is 5.97 Å². The van der Waals surface area contributed by atoms with Gasteiger partial charge < -0.3 is 5.11 Å². The van der Waals surface area contributed by atoms with E-state index in [1.807, 2.05) is 0 Å². The minimum Gasteiger partial charge on any atom is -0.480 e. The van der Waals surface area contributed by atoms with Gasteiger partial charge in [-0.05, 0) is 19.4 Å². The molecule has 1 fully saturated rings. The average molecular weight is 273 g/mol. The molecule has 1 N–H and O–H groups in total. The number of rotatable bonds is 4. The Hall–Kier alpha value is -1.50. The van der Waals surface area contributed by atoms with Gasteiger partial charge in [-0.15, -0.1) is 0 Å². The molecule has 2 heterocycles. The predicted octanol–water partition coefficient (Wildman–Crippen LogP) is 2.11. The van der Waals surface area contributed by atoms with Crippen LogP contribution in [-0.4, -0.2) is 38.1 Å². The standard InChI is InChI=1S/C12H17F2N3O2/c13-12(14)17-7-5-15-10(17)8-16-6-3-1-2-4-9(16)11(18)19/h5,7,9,12H,1-4,6,8H2,(H,18,19). The molecule has 1 aliphatic heterocycles. The van der Waals surface area contributed by atoms with Gasteiger partial charge in [0.2, 0.25) is 0 Å². The zero-order valence-corrected chi connectivity index (χ0v) is 10.5. The van der Waals surface area contributed by atoms with E-state index in [1.165, 1.54) is 12.4 Å². The molecule has 0 amide bonds. The van der Waals surface area contributed by atoms with Crippen LogP contribution in [0.1, 0.15) is 38.1 Å². The Labute approximate surface area is 109 Å². The third kappa shape index (κ3) is 3.28. The summed E-state index contributed by atoms with van der Waals surface area (Å²) in [5.74, 6) is -0.680. The molecule has 1 unspecified atom stereocenters. The first-order valence-electron chi connectivity index (χ1n) is 6.36. The van der Waals surface area contributed by atoms with Crippen LogP contribution >= 0.6 is 0 Å². The molecular formula is C12H17F2N3O2. The van der Waals surface area contributed by atoms with E-state index >= 15 is 0 Å². The molecule has 1 aliphatic rings. The zero-order chi connectivity index (χ0) is 13.8. The molecule has 2 rings (SSSR count). The summed E-state index contributed by atoms with van der Waals surface area (Å²) < 4.78 is 26.3. The molecule has 5 nitrogen and oxygen atoms in total. The van der Waals surface area contributed by atoms with Crippen LogP contribution in [0.5, 0.6) is 0 Å². The number of likely N-dealkylation sites (tertiary alicyclic amines) is 1. The summed E-state index contributed by atoms with van der Waals surface area (Å²) in [4.78, 5) is 16.9. The quantitative estimate of drug-likeness (QED) is 0.912. The van der Waals surface area contributed by atoms with Gasteiger partial charge in [0.1, 0.15) is 11.9 Å². The molecule has 19 heavy (non-hydrogen) atoms. The molecule has 7 heteroatoms. The molecule has 0 spiro atoms.